The van der Waals surface area contributed by atoms with Crippen LogP contribution in [0.4, 0.5) is 23.0 Å². The molecule has 1 amide bonds. The minimum Gasteiger partial charge on any atom is -0.497 e. The first-order chi connectivity index (χ1) is 19.1. The predicted octanol–water partition coefficient (Wildman–Crippen LogP) is 4.32. The Morgan fingerprint density at radius 1 is 1.07 bits per heavy atom. The highest BCUT2D eigenvalue weighted by Gasteiger charge is 2.18. The molecule has 11 heteroatoms. The lowest BCUT2D eigenvalue weighted by Gasteiger charge is -2.26. The Bertz CT molecular complexity index is 1550. The van der Waals surface area contributed by atoms with Gasteiger partial charge in [-0.3, -0.25) is 4.79 Å². The van der Waals surface area contributed by atoms with Crippen LogP contribution >= 0.6 is 0 Å². The van der Waals surface area contributed by atoms with E-state index in [9.17, 15) is 4.79 Å². The molecule has 2 aromatic heterocycles. The first-order valence-corrected chi connectivity index (χ1v) is 12.8. The first kappa shape index (κ1) is 28.4. The standard InChI is InChI=1S/C29H36N8O3/c1-9-27(38)31-22-15-23(26(40-8)16-25(22)36(6)13-12-35(4)5)32-29-30-17-18(2)28(33-29)37-24-11-10-20(39-7)14-21(24)19(3)34-37/h9-11,14-17H,1,12-13H2,2-8H3,(H,31,38)(H,30,32,33). The van der Waals surface area contributed by atoms with Gasteiger partial charge < -0.3 is 29.9 Å². The van der Waals surface area contributed by atoms with E-state index in [-0.39, 0.29) is 5.91 Å². The number of carbonyl (C=O) groups is 1. The second-order valence-corrected chi connectivity index (χ2v) is 9.69. The number of aromatic nitrogens is 4. The van der Waals surface area contributed by atoms with Gasteiger partial charge in [0.2, 0.25) is 11.9 Å². The lowest BCUT2D eigenvalue weighted by atomic mass is 10.2. The number of nitrogens with one attached hydrogen (secondary N) is 2. The van der Waals surface area contributed by atoms with Gasteiger partial charge in [-0.25, -0.2) is 9.67 Å². The smallest absolute Gasteiger partial charge is 0.247 e. The van der Waals surface area contributed by atoms with Crippen molar-refractivity contribution in [3.05, 3.63) is 60.4 Å². The number of amides is 1. The van der Waals surface area contributed by atoms with Gasteiger partial charge in [-0.1, -0.05) is 6.58 Å². The number of ether oxygens (including phenoxy) is 2. The third-order valence-corrected chi connectivity index (χ3v) is 6.52. The van der Waals surface area contributed by atoms with Crippen molar-refractivity contribution in [2.75, 3.05) is 64.0 Å². The molecule has 4 rings (SSSR count). The Morgan fingerprint density at radius 3 is 2.52 bits per heavy atom. The molecule has 0 radical (unpaired) electrons. The molecule has 2 heterocycles. The summed E-state index contributed by atoms with van der Waals surface area (Å²) in [6.45, 7) is 9.06. The van der Waals surface area contributed by atoms with E-state index < -0.39 is 0 Å². The summed E-state index contributed by atoms with van der Waals surface area (Å²) in [6.07, 6.45) is 2.98. The van der Waals surface area contributed by atoms with Gasteiger partial charge >= 0.3 is 0 Å². The summed E-state index contributed by atoms with van der Waals surface area (Å²) < 4.78 is 12.9. The van der Waals surface area contributed by atoms with Crippen LogP contribution in [0.5, 0.6) is 11.5 Å². The maximum Gasteiger partial charge on any atom is 0.247 e. The summed E-state index contributed by atoms with van der Waals surface area (Å²) in [7, 11) is 9.24. The van der Waals surface area contributed by atoms with E-state index in [1.165, 1.54) is 6.08 Å². The van der Waals surface area contributed by atoms with Gasteiger partial charge in [-0.2, -0.15) is 10.1 Å². The fraction of sp³-hybridized carbons (Fsp3) is 0.310. The van der Waals surface area contributed by atoms with Crippen LogP contribution in [0, 0.1) is 13.8 Å². The second-order valence-electron chi connectivity index (χ2n) is 9.69. The highest BCUT2D eigenvalue weighted by atomic mass is 16.5. The molecular weight excluding hydrogens is 508 g/mol. The van der Waals surface area contributed by atoms with E-state index in [1.807, 2.05) is 70.0 Å². The Kier molecular flexibility index (Phi) is 8.54. The van der Waals surface area contributed by atoms with Crippen molar-refractivity contribution in [1.29, 1.82) is 0 Å². The largest absolute Gasteiger partial charge is 0.497 e. The quantitative estimate of drug-likeness (QED) is 0.267. The number of rotatable bonds is 11. The van der Waals surface area contributed by atoms with Gasteiger partial charge in [0, 0.05) is 43.4 Å². The summed E-state index contributed by atoms with van der Waals surface area (Å²) >= 11 is 0. The van der Waals surface area contributed by atoms with E-state index in [4.69, 9.17) is 19.6 Å². The molecule has 0 spiro atoms. The van der Waals surface area contributed by atoms with E-state index in [2.05, 4.69) is 32.0 Å². The van der Waals surface area contributed by atoms with Crippen LogP contribution in [0.3, 0.4) is 0 Å². The maximum atomic E-state index is 12.3. The Labute approximate surface area is 234 Å². The number of carbonyl (C=O) groups excluding carboxylic acids is 1. The first-order valence-electron chi connectivity index (χ1n) is 12.8. The van der Waals surface area contributed by atoms with Crippen LogP contribution in [0.25, 0.3) is 16.7 Å². The van der Waals surface area contributed by atoms with Crippen molar-refractivity contribution in [3.63, 3.8) is 0 Å². The van der Waals surface area contributed by atoms with Crippen molar-refractivity contribution in [3.8, 4) is 17.3 Å². The molecule has 0 bridgehead atoms. The minimum atomic E-state index is -0.315. The van der Waals surface area contributed by atoms with Crippen LogP contribution in [0.1, 0.15) is 11.3 Å². The number of likely N-dealkylation sites (N-methyl/N-ethyl adjacent to an activating group) is 2. The van der Waals surface area contributed by atoms with Crippen molar-refractivity contribution in [2.24, 2.45) is 0 Å². The van der Waals surface area contributed by atoms with E-state index in [0.717, 1.165) is 46.7 Å². The van der Waals surface area contributed by atoms with Crippen LogP contribution < -0.4 is 25.0 Å². The Morgan fingerprint density at radius 2 is 1.85 bits per heavy atom. The Balaban J connectivity index is 1.74. The van der Waals surface area contributed by atoms with Gasteiger partial charge in [-0.15, -0.1) is 0 Å². The molecule has 0 saturated heterocycles. The molecular formula is C29H36N8O3. The third-order valence-electron chi connectivity index (χ3n) is 6.52. The monoisotopic (exact) mass is 544 g/mol. The van der Waals surface area contributed by atoms with Gasteiger partial charge in [0.05, 0.1) is 42.5 Å². The van der Waals surface area contributed by atoms with Gasteiger partial charge in [0.1, 0.15) is 11.5 Å². The number of methoxy groups -OCH3 is 2. The second kappa shape index (κ2) is 12.0. The van der Waals surface area contributed by atoms with E-state index >= 15 is 0 Å². The summed E-state index contributed by atoms with van der Waals surface area (Å²) in [4.78, 5) is 25.8. The summed E-state index contributed by atoms with van der Waals surface area (Å²) in [5, 5.41) is 11.9. The molecule has 210 valence electrons. The van der Waals surface area contributed by atoms with Crippen molar-refractivity contribution < 1.29 is 14.3 Å². The SMILES string of the molecule is C=CC(=O)Nc1cc(Nc2ncc(C)c(-n3nc(C)c4cc(OC)ccc43)n2)c(OC)cc1N(C)CCN(C)C. The average molecular weight is 545 g/mol. The summed E-state index contributed by atoms with van der Waals surface area (Å²) in [5.74, 6) is 2.01. The zero-order chi connectivity index (χ0) is 29.0. The lowest BCUT2D eigenvalue weighted by Crippen LogP contribution is -2.29. The number of hydrogen-bond acceptors (Lipinski definition) is 9. The van der Waals surface area contributed by atoms with E-state index in [0.29, 0.717) is 28.9 Å². The summed E-state index contributed by atoms with van der Waals surface area (Å²) in [6, 6.07) is 9.52. The maximum absolute atomic E-state index is 12.3. The number of hydrogen-bond donors (Lipinski definition) is 2. The molecule has 4 aromatic rings. The molecule has 0 aliphatic rings. The van der Waals surface area contributed by atoms with Crippen molar-refractivity contribution >= 4 is 39.8 Å². The molecule has 0 aliphatic carbocycles. The molecule has 0 unspecified atom stereocenters. The molecule has 2 N–H and O–H groups in total. The molecule has 0 saturated carbocycles. The molecule has 0 aliphatic heterocycles. The number of aryl methyl sites for hydroxylation is 2. The highest BCUT2D eigenvalue weighted by Crippen LogP contribution is 2.38. The molecule has 2 aromatic carbocycles. The molecule has 0 fully saturated rings. The predicted molar refractivity (Wildman–Crippen MR) is 160 cm³/mol. The lowest BCUT2D eigenvalue weighted by molar-refractivity contribution is -0.111. The van der Waals surface area contributed by atoms with Crippen LogP contribution in [-0.2, 0) is 4.79 Å². The van der Waals surface area contributed by atoms with Gasteiger partial charge in [-0.05, 0) is 58.3 Å². The van der Waals surface area contributed by atoms with Crippen molar-refractivity contribution in [1.82, 2.24) is 24.6 Å². The van der Waals surface area contributed by atoms with E-state index in [1.54, 1.807) is 20.4 Å². The number of benzene rings is 2. The highest BCUT2D eigenvalue weighted by molar-refractivity contribution is 6.02. The molecule has 40 heavy (non-hydrogen) atoms. The normalized spacial score (nSPS) is 11.0. The fourth-order valence-corrected chi connectivity index (χ4v) is 4.27. The van der Waals surface area contributed by atoms with Crippen LogP contribution in [0.15, 0.2) is 49.2 Å². The van der Waals surface area contributed by atoms with Gasteiger partial charge in [0.25, 0.3) is 0 Å². The molecule has 0 atom stereocenters. The van der Waals surface area contributed by atoms with Gasteiger partial charge in [0.15, 0.2) is 5.82 Å². The number of anilines is 4. The summed E-state index contributed by atoms with van der Waals surface area (Å²) in [5.41, 5.74) is 4.62. The van der Waals surface area contributed by atoms with Crippen LogP contribution in [0.2, 0.25) is 0 Å². The molecule has 11 nitrogen and oxygen atoms in total. The average Bonchev–Trinajstić information content (AvgIpc) is 3.27. The van der Waals surface area contributed by atoms with Crippen LogP contribution in [-0.4, -0.2) is 79.0 Å². The Hall–Kier alpha value is -4.64. The topological polar surface area (TPSA) is 110 Å². The minimum absolute atomic E-state index is 0.315. The third kappa shape index (κ3) is 5.99. The van der Waals surface area contributed by atoms with Crippen molar-refractivity contribution in [2.45, 2.75) is 13.8 Å². The number of fused-ring (bicyclic) bond motifs is 1. The zero-order valence-corrected chi connectivity index (χ0v) is 24.1. The fourth-order valence-electron chi connectivity index (χ4n) is 4.27. The number of nitrogens with zero attached hydrogens (tertiary/aromatic N) is 6. The zero-order valence-electron chi connectivity index (χ0n) is 24.1.